The summed E-state index contributed by atoms with van der Waals surface area (Å²) < 4.78 is 11.8. The second-order valence-corrected chi connectivity index (χ2v) is 6.66. The summed E-state index contributed by atoms with van der Waals surface area (Å²) in [7, 11) is 0. The Morgan fingerprint density at radius 2 is 0.852 bits per heavy atom. The SMILES string of the molecule is CC.CC.Cc1cc(Cl)cc(C)c1OCCCOc1c(C)cc(Cl)cc1C. The molecule has 2 aromatic carbocycles. The highest BCUT2D eigenvalue weighted by molar-refractivity contribution is 6.31. The van der Waals surface area contributed by atoms with E-state index in [0.29, 0.717) is 13.2 Å². The number of hydrogen-bond acceptors (Lipinski definition) is 2. The minimum atomic E-state index is 0.606. The molecule has 0 aliphatic rings. The molecule has 0 aliphatic carbocycles. The molecular weight excluding hydrogens is 379 g/mol. The summed E-state index contributed by atoms with van der Waals surface area (Å²) in [6.45, 7) is 17.2. The lowest BCUT2D eigenvalue weighted by molar-refractivity contribution is 0.244. The quantitative estimate of drug-likeness (QED) is 0.445. The second kappa shape index (κ2) is 13.7. The first kappa shape index (κ1) is 25.6. The van der Waals surface area contributed by atoms with Crippen molar-refractivity contribution in [3.63, 3.8) is 0 Å². The van der Waals surface area contributed by atoms with Gasteiger partial charge in [0.2, 0.25) is 0 Å². The minimum absolute atomic E-state index is 0.606. The van der Waals surface area contributed by atoms with Gasteiger partial charge in [-0.25, -0.2) is 0 Å². The topological polar surface area (TPSA) is 18.5 Å². The first-order valence-electron chi connectivity index (χ1n) is 9.67. The van der Waals surface area contributed by atoms with E-state index in [0.717, 1.165) is 50.2 Å². The largest absolute Gasteiger partial charge is 0.493 e. The molecule has 0 bridgehead atoms. The first-order valence-corrected chi connectivity index (χ1v) is 10.4. The molecule has 0 aromatic heterocycles. The van der Waals surface area contributed by atoms with Crippen LogP contribution in [0, 0.1) is 27.7 Å². The van der Waals surface area contributed by atoms with Gasteiger partial charge in [-0.1, -0.05) is 50.9 Å². The highest BCUT2D eigenvalue weighted by Crippen LogP contribution is 2.28. The van der Waals surface area contributed by atoms with Crippen LogP contribution in [-0.4, -0.2) is 13.2 Å². The molecule has 152 valence electrons. The Balaban J connectivity index is 0.00000158. The molecule has 4 heteroatoms. The molecule has 0 fully saturated rings. The average molecular weight is 413 g/mol. The third-order valence-electron chi connectivity index (χ3n) is 3.63. The highest BCUT2D eigenvalue weighted by Gasteiger charge is 2.07. The van der Waals surface area contributed by atoms with Crippen molar-refractivity contribution in [2.24, 2.45) is 0 Å². The molecule has 2 nitrogen and oxygen atoms in total. The average Bonchev–Trinajstić information content (AvgIpc) is 2.61. The summed E-state index contributed by atoms with van der Waals surface area (Å²) in [4.78, 5) is 0. The Labute approximate surface area is 175 Å². The monoisotopic (exact) mass is 412 g/mol. The van der Waals surface area contributed by atoms with Gasteiger partial charge in [0.25, 0.3) is 0 Å². The van der Waals surface area contributed by atoms with Crippen molar-refractivity contribution in [1.29, 1.82) is 0 Å². The van der Waals surface area contributed by atoms with Gasteiger partial charge in [0.05, 0.1) is 13.2 Å². The van der Waals surface area contributed by atoms with Crippen LogP contribution in [0.2, 0.25) is 10.0 Å². The molecule has 0 aliphatic heterocycles. The summed E-state index contributed by atoms with van der Waals surface area (Å²) in [5, 5.41) is 1.48. The van der Waals surface area contributed by atoms with E-state index in [2.05, 4.69) is 0 Å². The second-order valence-electron chi connectivity index (χ2n) is 5.79. The van der Waals surface area contributed by atoms with Crippen LogP contribution in [0.4, 0.5) is 0 Å². The van der Waals surface area contributed by atoms with Crippen molar-refractivity contribution in [3.05, 3.63) is 56.6 Å². The minimum Gasteiger partial charge on any atom is -0.493 e. The number of aryl methyl sites for hydroxylation is 4. The standard InChI is InChI=1S/C19H22Cl2O2.2C2H6/c1-12-8-16(20)9-13(2)18(12)22-6-5-7-23-19-14(3)10-17(21)11-15(19)4;2*1-2/h8-11H,5-7H2,1-4H3;2*1-2H3. The van der Waals surface area contributed by atoms with Crippen molar-refractivity contribution in [3.8, 4) is 11.5 Å². The maximum atomic E-state index is 6.03. The number of halogens is 2. The van der Waals surface area contributed by atoms with Crippen LogP contribution in [0.15, 0.2) is 24.3 Å². The fourth-order valence-corrected chi connectivity index (χ4v) is 3.31. The van der Waals surface area contributed by atoms with Crippen LogP contribution in [0.5, 0.6) is 11.5 Å². The molecule has 0 spiro atoms. The lowest BCUT2D eigenvalue weighted by Crippen LogP contribution is -2.07. The fourth-order valence-electron chi connectivity index (χ4n) is 2.66. The van der Waals surface area contributed by atoms with Crippen molar-refractivity contribution in [2.75, 3.05) is 13.2 Å². The molecule has 0 N–H and O–H groups in total. The summed E-state index contributed by atoms with van der Waals surface area (Å²) in [6, 6.07) is 7.67. The van der Waals surface area contributed by atoms with E-state index in [-0.39, 0.29) is 0 Å². The third-order valence-corrected chi connectivity index (χ3v) is 4.07. The Morgan fingerprint density at radius 1 is 0.593 bits per heavy atom. The van der Waals surface area contributed by atoms with Gasteiger partial charge in [-0.3, -0.25) is 0 Å². The molecule has 27 heavy (non-hydrogen) atoms. The first-order chi connectivity index (χ1) is 12.9. The maximum absolute atomic E-state index is 6.03. The zero-order chi connectivity index (χ0) is 21.0. The summed E-state index contributed by atoms with van der Waals surface area (Å²) in [5.41, 5.74) is 4.22. The number of ether oxygens (including phenoxy) is 2. The Morgan fingerprint density at radius 3 is 1.11 bits per heavy atom. The molecule has 0 unspecified atom stereocenters. The Kier molecular flexibility index (Phi) is 13.0. The molecule has 0 saturated heterocycles. The van der Waals surface area contributed by atoms with Gasteiger partial charge in [-0.2, -0.15) is 0 Å². The maximum Gasteiger partial charge on any atom is 0.125 e. The van der Waals surface area contributed by atoms with Crippen molar-refractivity contribution >= 4 is 23.2 Å². The fraction of sp³-hybridized carbons (Fsp3) is 0.478. The zero-order valence-corrected chi connectivity index (χ0v) is 19.5. The van der Waals surface area contributed by atoms with Crippen LogP contribution in [0.3, 0.4) is 0 Å². The predicted molar refractivity (Wildman–Crippen MR) is 120 cm³/mol. The van der Waals surface area contributed by atoms with Gasteiger partial charge in [-0.15, -0.1) is 0 Å². The van der Waals surface area contributed by atoms with Gasteiger partial charge in [0, 0.05) is 16.5 Å². The Hall–Kier alpha value is -1.38. The molecule has 0 atom stereocenters. The van der Waals surface area contributed by atoms with Gasteiger partial charge >= 0.3 is 0 Å². The van der Waals surface area contributed by atoms with E-state index in [9.17, 15) is 0 Å². The van der Waals surface area contributed by atoms with Gasteiger partial charge in [-0.05, 0) is 74.2 Å². The molecular formula is C23H34Cl2O2. The van der Waals surface area contributed by atoms with Crippen LogP contribution < -0.4 is 9.47 Å². The highest BCUT2D eigenvalue weighted by atomic mass is 35.5. The molecule has 0 radical (unpaired) electrons. The smallest absolute Gasteiger partial charge is 0.125 e. The van der Waals surface area contributed by atoms with Gasteiger partial charge in [0.1, 0.15) is 11.5 Å². The van der Waals surface area contributed by atoms with Crippen molar-refractivity contribution in [1.82, 2.24) is 0 Å². The number of hydrogen-bond donors (Lipinski definition) is 0. The van der Waals surface area contributed by atoms with E-state index in [1.54, 1.807) is 0 Å². The van der Waals surface area contributed by atoms with Crippen molar-refractivity contribution < 1.29 is 9.47 Å². The van der Waals surface area contributed by atoms with E-state index in [1.165, 1.54) is 0 Å². The summed E-state index contributed by atoms with van der Waals surface area (Å²) >= 11 is 12.1. The molecule has 0 amide bonds. The number of benzene rings is 2. The molecule has 2 aromatic rings. The van der Waals surface area contributed by atoms with E-state index >= 15 is 0 Å². The predicted octanol–water partition coefficient (Wildman–Crippen LogP) is 8.13. The van der Waals surface area contributed by atoms with Crippen LogP contribution >= 0.6 is 23.2 Å². The van der Waals surface area contributed by atoms with E-state index in [4.69, 9.17) is 32.7 Å². The molecule has 2 rings (SSSR count). The third kappa shape index (κ3) is 8.45. The number of rotatable bonds is 6. The van der Waals surface area contributed by atoms with Gasteiger partial charge < -0.3 is 9.47 Å². The van der Waals surface area contributed by atoms with Crippen molar-refractivity contribution in [2.45, 2.75) is 61.8 Å². The van der Waals surface area contributed by atoms with E-state index in [1.807, 2.05) is 79.7 Å². The summed E-state index contributed by atoms with van der Waals surface area (Å²) in [5.74, 6) is 1.82. The lowest BCUT2D eigenvalue weighted by Gasteiger charge is -2.14. The molecule has 0 saturated carbocycles. The zero-order valence-electron chi connectivity index (χ0n) is 18.0. The van der Waals surface area contributed by atoms with Gasteiger partial charge in [0.15, 0.2) is 0 Å². The van der Waals surface area contributed by atoms with Crippen LogP contribution in [0.1, 0.15) is 56.4 Å². The molecule has 0 heterocycles. The summed E-state index contributed by atoms with van der Waals surface area (Å²) in [6.07, 6.45) is 0.809. The van der Waals surface area contributed by atoms with E-state index < -0.39 is 0 Å². The van der Waals surface area contributed by atoms with Crippen LogP contribution in [0.25, 0.3) is 0 Å². The normalized spacial score (nSPS) is 9.56. The Bertz CT molecular complexity index is 591. The lowest BCUT2D eigenvalue weighted by atomic mass is 10.1. The van der Waals surface area contributed by atoms with Crippen LogP contribution in [-0.2, 0) is 0 Å².